The van der Waals surface area contributed by atoms with Crippen molar-refractivity contribution in [2.75, 3.05) is 0 Å². The van der Waals surface area contributed by atoms with Gasteiger partial charge in [-0.1, -0.05) is 6.07 Å². The van der Waals surface area contributed by atoms with E-state index in [1.165, 1.54) is 12.1 Å². The third-order valence-electron chi connectivity index (χ3n) is 2.05. The van der Waals surface area contributed by atoms with E-state index >= 15 is 0 Å². The fraction of sp³-hybridized carbons (Fsp3) is 0.385. The minimum absolute atomic E-state index is 0.284. The molecule has 0 radical (unpaired) electrons. The first kappa shape index (κ1) is 14.7. The van der Waals surface area contributed by atoms with Crippen LogP contribution in [0.25, 0.3) is 0 Å². The van der Waals surface area contributed by atoms with Crippen LogP contribution in [0.3, 0.4) is 0 Å². The van der Waals surface area contributed by atoms with E-state index in [0.717, 1.165) is 6.07 Å². The van der Waals surface area contributed by atoms with E-state index in [-0.39, 0.29) is 10.0 Å². The summed E-state index contributed by atoms with van der Waals surface area (Å²) in [5.41, 5.74) is -0.396. The minimum Gasteiger partial charge on any atom is -0.459 e. The zero-order chi connectivity index (χ0) is 13.9. The van der Waals surface area contributed by atoms with Crippen LogP contribution in [-0.4, -0.2) is 11.6 Å². The van der Waals surface area contributed by atoms with Gasteiger partial charge in [0.1, 0.15) is 11.4 Å². The Morgan fingerprint density at radius 3 is 2.56 bits per heavy atom. The summed E-state index contributed by atoms with van der Waals surface area (Å²) >= 11 is 3.01. The fourth-order valence-corrected chi connectivity index (χ4v) is 1.56. The average molecular weight is 314 g/mol. The standard InChI is InChI=1S/C13H13BrFNO2/c1-13(2,3)18-12(17)9(7-16)8-4-5-10(14)11(15)6-8/h4-6,9H,1-3H3. The number of hydrogen-bond acceptors (Lipinski definition) is 3. The Kier molecular flexibility index (Phi) is 4.47. The van der Waals surface area contributed by atoms with Gasteiger partial charge in [-0.15, -0.1) is 0 Å². The number of carbonyl (C=O) groups excluding carboxylic acids is 1. The lowest BCUT2D eigenvalue weighted by molar-refractivity contribution is -0.155. The first-order valence-electron chi connectivity index (χ1n) is 5.32. The van der Waals surface area contributed by atoms with Gasteiger partial charge >= 0.3 is 5.97 Å². The average Bonchev–Trinajstić information content (AvgIpc) is 2.21. The molecule has 1 rings (SSSR count). The topological polar surface area (TPSA) is 50.1 Å². The Balaban J connectivity index is 3.00. The maximum absolute atomic E-state index is 13.4. The molecule has 0 aliphatic rings. The van der Waals surface area contributed by atoms with Gasteiger partial charge in [0.2, 0.25) is 0 Å². The highest BCUT2D eigenvalue weighted by Gasteiger charge is 2.27. The number of nitriles is 1. The van der Waals surface area contributed by atoms with Crippen LogP contribution >= 0.6 is 15.9 Å². The second-order valence-corrected chi connectivity index (χ2v) is 5.62. The number of benzene rings is 1. The lowest BCUT2D eigenvalue weighted by Gasteiger charge is -2.21. The zero-order valence-electron chi connectivity index (χ0n) is 10.3. The highest BCUT2D eigenvalue weighted by molar-refractivity contribution is 9.10. The minimum atomic E-state index is -1.12. The van der Waals surface area contributed by atoms with Crippen LogP contribution in [0.4, 0.5) is 4.39 Å². The van der Waals surface area contributed by atoms with Crippen LogP contribution in [0.2, 0.25) is 0 Å². The van der Waals surface area contributed by atoms with Crippen molar-refractivity contribution in [2.45, 2.75) is 32.3 Å². The van der Waals surface area contributed by atoms with Crippen molar-refractivity contribution in [2.24, 2.45) is 0 Å². The van der Waals surface area contributed by atoms with Gasteiger partial charge in [0.15, 0.2) is 5.92 Å². The molecule has 18 heavy (non-hydrogen) atoms. The molecule has 0 aliphatic carbocycles. The van der Waals surface area contributed by atoms with Crippen LogP contribution < -0.4 is 0 Å². The lowest BCUT2D eigenvalue weighted by atomic mass is 10.0. The third kappa shape index (κ3) is 3.81. The first-order chi connectivity index (χ1) is 8.24. The van der Waals surface area contributed by atoms with Gasteiger partial charge in [-0.05, 0) is 54.4 Å². The van der Waals surface area contributed by atoms with Crippen LogP contribution in [0.15, 0.2) is 22.7 Å². The van der Waals surface area contributed by atoms with Gasteiger partial charge < -0.3 is 4.74 Å². The quantitative estimate of drug-likeness (QED) is 0.785. The Morgan fingerprint density at radius 1 is 1.50 bits per heavy atom. The number of halogens is 2. The molecule has 0 heterocycles. The number of hydrogen-bond donors (Lipinski definition) is 0. The largest absolute Gasteiger partial charge is 0.459 e. The molecule has 0 fully saturated rings. The number of nitrogens with zero attached hydrogens (tertiary/aromatic N) is 1. The van der Waals surface area contributed by atoms with Crippen molar-refractivity contribution >= 4 is 21.9 Å². The molecule has 0 saturated heterocycles. The summed E-state index contributed by atoms with van der Waals surface area (Å²) in [4.78, 5) is 11.8. The highest BCUT2D eigenvalue weighted by Crippen LogP contribution is 2.24. The fourth-order valence-electron chi connectivity index (χ4n) is 1.32. The van der Waals surface area contributed by atoms with E-state index in [0.29, 0.717) is 0 Å². The summed E-state index contributed by atoms with van der Waals surface area (Å²) in [5.74, 6) is -2.31. The number of carbonyl (C=O) groups is 1. The molecule has 0 aliphatic heterocycles. The molecule has 0 bridgehead atoms. The maximum atomic E-state index is 13.4. The van der Waals surface area contributed by atoms with Gasteiger partial charge in [0, 0.05) is 0 Å². The van der Waals surface area contributed by atoms with Crippen molar-refractivity contribution in [1.82, 2.24) is 0 Å². The zero-order valence-corrected chi connectivity index (χ0v) is 11.9. The molecule has 1 atom stereocenters. The Morgan fingerprint density at radius 2 is 2.11 bits per heavy atom. The molecule has 1 aromatic rings. The van der Waals surface area contributed by atoms with Crippen LogP contribution in [-0.2, 0) is 9.53 Å². The molecule has 0 spiro atoms. The van der Waals surface area contributed by atoms with Gasteiger partial charge in [-0.3, -0.25) is 4.79 Å². The predicted molar refractivity (Wildman–Crippen MR) is 68.3 cm³/mol. The normalized spacial score (nSPS) is 12.7. The first-order valence-corrected chi connectivity index (χ1v) is 6.11. The van der Waals surface area contributed by atoms with E-state index in [2.05, 4.69) is 15.9 Å². The van der Waals surface area contributed by atoms with Crippen LogP contribution in [0, 0.1) is 17.1 Å². The monoisotopic (exact) mass is 313 g/mol. The van der Waals surface area contributed by atoms with E-state index in [4.69, 9.17) is 10.00 Å². The van der Waals surface area contributed by atoms with Crippen molar-refractivity contribution in [3.05, 3.63) is 34.1 Å². The summed E-state index contributed by atoms with van der Waals surface area (Å²) in [6.45, 7) is 5.13. The van der Waals surface area contributed by atoms with Gasteiger partial charge in [0.25, 0.3) is 0 Å². The van der Waals surface area contributed by atoms with Crippen molar-refractivity contribution < 1.29 is 13.9 Å². The Labute approximate surface area is 114 Å². The van der Waals surface area contributed by atoms with Gasteiger partial charge in [-0.2, -0.15) is 5.26 Å². The molecular formula is C13H13BrFNO2. The lowest BCUT2D eigenvalue weighted by Crippen LogP contribution is -2.27. The number of rotatable bonds is 2. The third-order valence-corrected chi connectivity index (χ3v) is 2.69. The summed E-state index contributed by atoms with van der Waals surface area (Å²) in [6.07, 6.45) is 0. The van der Waals surface area contributed by atoms with Crippen molar-refractivity contribution in [3.8, 4) is 6.07 Å². The van der Waals surface area contributed by atoms with Crippen molar-refractivity contribution in [3.63, 3.8) is 0 Å². The molecular weight excluding hydrogens is 301 g/mol. The molecule has 1 unspecified atom stereocenters. The van der Waals surface area contributed by atoms with Gasteiger partial charge in [0.05, 0.1) is 10.5 Å². The van der Waals surface area contributed by atoms with E-state index < -0.39 is 23.3 Å². The summed E-state index contributed by atoms with van der Waals surface area (Å²) in [6, 6.07) is 5.96. The van der Waals surface area contributed by atoms with Gasteiger partial charge in [-0.25, -0.2) is 4.39 Å². The van der Waals surface area contributed by atoms with Crippen LogP contribution in [0.5, 0.6) is 0 Å². The molecule has 0 N–H and O–H groups in total. The number of esters is 1. The second-order valence-electron chi connectivity index (χ2n) is 4.77. The Bertz CT molecular complexity index is 503. The van der Waals surface area contributed by atoms with E-state index in [9.17, 15) is 9.18 Å². The Hall–Kier alpha value is -1.41. The predicted octanol–water partition coefficient (Wildman–Crippen LogP) is 3.54. The molecule has 0 amide bonds. The summed E-state index contributed by atoms with van der Waals surface area (Å²) in [7, 11) is 0. The molecule has 5 heteroatoms. The second kappa shape index (κ2) is 5.49. The smallest absolute Gasteiger partial charge is 0.328 e. The highest BCUT2D eigenvalue weighted by atomic mass is 79.9. The molecule has 96 valence electrons. The molecule has 0 saturated carbocycles. The van der Waals surface area contributed by atoms with Crippen LogP contribution in [0.1, 0.15) is 32.3 Å². The number of ether oxygens (including phenoxy) is 1. The molecule has 0 aromatic heterocycles. The SMILES string of the molecule is CC(C)(C)OC(=O)C(C#N)c1ccc(Br)c(F)c1. The van der Waals surface area contributed by atoms with E-state index in [1.54, 1.807) is 20.8 Å². The maximum Gasteiger partial charge on any atom is 0.328 e. The summed E-state index contributed by atoms with van der Waals surface area (Å²) < 4.78 is 18.8. The van der Waals surface area contributed by atoms with E-state index in [1.807, 2.05) is 6.07 Å². The summed E-state index contributed by atoms with van der Waals surface area (Å²) in [5, 5.41) is 9.02. The molecule has 3 nitrogen and oxygen atoms in total. The molecule has 1 aromatic carbocycles. The van der Waals surface area contributed by atoms with Crippen molar-refractivity contribution in [1.29, 1.82) is 5.26 Å².